The molecule has 0 unspecified atom stereocenters. The summed E-state index contributed by atoms with van der Waals surface area (Å²) in [5.74, 6) is 0.877. The van der Waals surface area contributed by atoms with Crippen LogP contribution in [-0.2, 0) is 6.54 Å². The van der Waals surface area contributed by atoms with Gasteiger partial charge >= 0.3 is 6.03 Å². The van der Waals surface area contributed by atoms with Gasteiger partial charge in [0, 0.05) is 39.3 Å². The molecule has 2 rings (SSSR count). The second-order valence-corrected chi connectivity index (χ2v) is 5.09. The average Bonchev–Trinajstić information content (AvgIpc) is 2.54. The maximum Gasteiger partial charge on any atom is 0.317 e. The Balaban J connectivity index is 1.78. The summed E-state index contributed by atoms with van der Waals surface area (Å²) < 4.78 is 5.16. The molecule has 1 fully saturated rings. The summed E-state index contributed by atoms with van der Waals surface area (Å²) in [4.78, 5) is 16.0. The molecule has 0 aromatic heterocycles. The Labute approximate surface area is 126 Å². The lowest BCUT2D eigenvalue weighted by atomic mass is 10.2. The Morgan fingerprint density at radius 1 is 1.29 bits per heavy atom. The van der Waals surface area contributed by atoms with Gasteiger partial charge in [-0.15, -0.1) is 6.58 Å². The number of hydrogen-bond acceptors (Lipinski definition) is 3. The van der Waals surface area contributed by atoms with Crippen molar-refractivity contribution in [3.63, 3.8) is 0 Å². The van der Waals surface area contributed by atoms with E-state index in [-0.39, 0.29) is 6.03 Å². The molecule has 0 aliphatic carbocycles. The minimum Gasteiger partial charge on any atom is -0.497 e. The predicted molar refractivity (Wildman–Crippen MR) is 83.4 cm³/mol. The molecule has 1 saturated heterocycles. The first kappa shape index (κ1) is 15.4. The molecule has 0 bridgehead atoms. The number of ether oxygens (including phenoxy) is 1. The summed E-state index contributed by atoms with van der Waals surface area (Å²) in [7, 11) is 1.67. The number of amides is 2. The Hall–Kier alpha value is -2.01. The molecule has 1 aliphatic rings. The number of carbonyl (C=O) groups is 1. The molecule has 1 aromatic rings. The molecule has 1 N–H and O–H groups in total. The van der Waals surface area contributed by atoms with Crippen molar-refractivity contribution in [1.82, 2.24) is 15.1 Å². The summed E-state index contributed by atoms with van der Waals surface area (Å²) in [6.07, 6.45) is 1.69. The Morgan fingerprint density at radius 3 is 2.52 bits per heavy atom. The molecule has 0 spiro atoms. The number of hydrogen-bond donors (Lipinski definition) is 1. The van der Waals surface area contributed by atoms with Gasteiger partial charge in [0.05, 0.1) is 7.11 Å². The van der Waals surface area contributed by atoms with Crippen molar-refractivity contribution in [2.75, 3.05) is 39.8 Å². The molecule has 1 aromatic carbocycles. The first-order valence-electron chi connectivity index (χ1n) is 7.22. The molecule has 21 heavy (non-hydrogen) atoms. The van der Waals surface area contributed by atoms with E-state index in [9.17, 15) is 4.79 Å². The zero-order chi connectivity index (χ0) is 15.1. The van der Waals surface area contributed by atoms with E-state index in [2.05, 4.69) is 28.9 Å². The third-order valence-electron chi connectivity index (χ3n) is 3.62. The van der Waals surface area contributed by atoms with Gasteiger partial charge in [0.1, 0.15) is 5.75 Å². The first-order chi connectivity index (χ1) is 10.2. The number of nitrogens with zero attached hydrogens (tertiary/aromatic N) is 2. The second-order valence-electron chi connectivity index (χ2n) is 5.09. The third kappa shape index (κ3) is 4.49. The molecule has 1 aliphatic heterocycles. The molecule has 0 saturated carbocycles. The van der Waals surface area contributed by atoms with Gasteiger partial charge in [-0.1, -0.05) is 18.2 Å². The van der Waals surface area contributed by atoms with Gasteiger partial charge in [0.2, 0.25) is 0 Å². The van der Waals surface area contributed by atoms with Crippen LogP contribution >= 0.6 is 0 Å². The fourth-order valence-electron chi connectivity index (χ4n) is 2.37. The van der Waals surface area contributed by atoms with Gasteiger partial charge in [-0.05, 0) is 17.7 Å². The molecule has 5 nitrogen and oxygen atoms in total. The maximum absolute atomic E-state index is 11.8. The van der Waals surface area contributed by atoms with Gasteiger partial charge in [0.25, 0.3) is 0 Å². The van der Waals surface area contributed by atoms with E-state index in [0.29, 0.717) is 6.54 Å². The number of rotatable bonds is 5. The number of piperazine rings is 1. The third-order valence-corrected chi connectivity index (χ3v) is 3.62. The van der Waals surface area contributed by atoms with Crippen LogP contribution in [0.3, 0.4) is 0 Å². The minimum atomic E-state index is -0.000928. The van der Waals surface area contributed by atoms with Gasteiger partial charge in [-0.2, -0.15) is 0 Å². The maximum atomic E-state index is 11.8. The van der Waals surface area contributed by atoms with E-state index >= 15 is 0 Å². The quantitative estimate of drug-likeness (QED) is 0.839. The average molecular weight is 289 g/mol. The fraction of sp³-hybridized carbons (Fsp3) is 0.438. The van der Waals surface area contributed by atoms with Crippen molar-refractivity contribution in [1.29, 1.82) is 0 Å². The lowest BCUT2D eigenvalue weighted by Crippen LogP contribution is -2.51. The molecule has 1 heterocycles. The largest absolute Gasteiger partial charge is 0.497 e. The standard InChI is InChI=1S/C16H23N3O2/c1-3-8-17-16(20)19-11-9-18(10-12-19)13-14-4-6-15(21-2)7-5-14/h3-7H,1,8-13H2,2H3,(H,17,20). The van der Waals surface area contributed by atoms with Crippen molar-refractivity contribution in [3.05, 3.63) is 42.5 Å². The molecular formula is C16H23N3O2. The van der Waals surface area contributed by atoms with Crippen LogP contribution in [0.5, 0.6) is 5.75 Å². The van der Waals surface area contributed by atoms with Gasteiger partial charge in [-0.3, -0.25) is 4.90 Å². The molecular weight excluding hydrogens is 266 g/mol. The number of benzene rings is 1. The van der Waals surface area contributed by atoms with Crippen molar-refractivity contribution in [2.24, 2.45) is 0 Å². The SMILES string of the molecule is C=CCNC(=O)N1CCN(Cc2ccc(OC)cc2)CC1. The van der Waals surface area contributed by atoms with E-state index in [4.69, 9.17) is 4.74 Å². The molecule has 114 valence electrons. The normalized spacial score (nSPS) is 15.6. The highest BCUT2D eigenvalue weighted by atomic mass is 16.5. The summed E-state index contributed by atoms with van der Waals surface area (Å²) >= 11 is 0. The summed E-state index contributed by atoms with van der Waals surface area (Å²) in [5, 5.41) is 2.82. The number of nitrogens with one attached hydrogen (secondary N) is 1. The van der Waals surface area contributed by atoms with Crippen LogP contribution in [0.25, 0.3) is 0 Å². The lowest BCUT2D eigenvalue weighted by Gasteiger charge is -2.34. The van der Waals surface area contributed by atoms with E-state index < -0.39 is 0 Å². The summed E-state index contributed by atoms with van der Waals surface area (Å²) in [5.41, 5.74) is 1.26. The number of carbonyl (C=O) groups excluding carboxylic acids is 1. The molecule has 0 radical (unpaired) electrons. The highest BCUT2D eigenvalue weighted by Crippen LogP contribution is 2.14. The van der Waals surface area contributed by atoms with Crippen LogP contribution in [0.1, 0.15) is 5.56 Å². The molecule has 0 atom stereocenters. The highest BCUT2D eigenvalue weighted by molar-refractivity contribution is 5.74. The van der Waals surface area contributed by atoms with Gasteiger partial charge in [-0.25, -0.2) is 4.79 Å². The van der Waals surface area contributed by atoms with Crippen LogP contribution in [0.4, 0.5) is 4.79 Å². The monoisotopic (exact) mass is 289 g/mol. The predicted octanol–water partition coefficient (Wildman–Crippen LogP) is 1.71. The van der Waals surface area contributed by atoms with E-state index in [1.165, 1.54) is 5.56 Å². The smallest absolute Gasteiger partial charge is 0.317 e. The van der Waals surface area contributed by atoms with Gasteiger partial charge in [0.15, 0.2) is 0 Å². The first-order valence-corrected chi connectivity index (χ1v) is 7.22. The van der Waals surface area contributed by atoms with Crippen LogP contribution in [0, 0.1) is 0 Å². The summed E-state index contributed by atoms with van der Waals surface area (Å²) in [6.45, 7) is 8.34. The van der Waals surface area contributed by atoms with Crippen molar-refractivity contribution >= 4 is 6.03 Å². The fourth-order valence-corrected chi connectivity index (χ4v) is 2.37. The van der Waals surface area contributed by atoms with Crippen molar-refractivity contribution in [2.45, 2.75) is 6.54 Å². The van der Waals surface area contributed by atoms with Crippen LogP contribution in [0.15, 0.2) is 36.9 Å². The topological polar surface area (TPSA) is 44.8 Å². The van der Waals surface area contributed by atoms with E-state index in [1.54, 1.807) is 13.2 Å². The number of methoxy groups -OCH3 is 1. The Kier molecular flexibility index (Phi) is 5.63. The zero-order valence-corrected chi connectivity index (χ0v) is 12.5. The second kappa shape index (κ2) is 7.69. The minimum absolute atomic E-state index is 0.000928. The summed E-state index contributed by atoms with van der Waals surface area (Å²) in [6, 6.07) is 8.13. The molecule has 5 heteroatoms. The van der Waals surface area contributed by atoms with Crippen LogP contribution < -0.4 is 10.1 Å². The number of urea groups is 1. The lowest BCUT2D eigenvalue weighted by molar-refractivity contribution is 0.136. The Bertz CT molecular complexity index is 465. The van der Waals surface area contributed by atoms with Gasteiger partial charge < -0.3 is 15.0 Å². The Morgan fingerprint density at radius 2 is 1.95 bits per heavy atom. The highest BCUT2D eigenvalue weighted by Gasteiger charge is 2.20. The zero-order valence-electron chi connectivity index (χ0n) is 12.5. The van der Waals surface area contributed by atoms with Crippen molar-refractivity contribution < 1.29 is 9.53 Å². The van der Waals surface area contributed by atoms with Crippen molar-refractivity contribution in [3.8, 4) is 5.75 Å². The van der Waals surface area contributed by atoms with E-state index in [1.807, 2.05) is 17.0 Å². The van der Waals surface area contributed by atoms with Crippen LogP contribution in [0.2, 0.25) is 0 Å². The molecule has 2 amide bonds. The van der Waals surface area contributed by atoms with E-state index in [0.717, 1.165) is 38.5 Å². The van der Waals surface area contributed by atoms with Crippen LogP contribution in [-0.4, -0.2) is 55.7 Å².